The van der Waals surface area contributed by atoms with E-state index in [4.69, 9.17) is 14.9 Å². The minimum Gasteiger partial charge on any atom is -0.478 e. The Bertz CT molecular complexity index is 461. The van der Waals surface area contributed by atoms with Gasteiger partial charge in [0.1, 0.15) is 0 Å². The van der Waals surface area contributed by atoms with Gasteiger partial charge in [0.2, 0.25) is 5.91 Å². The van der Waals surface area contributed by atoms with Crippen molar-refractivity contribution in [3.8, 4) is 0 Å². The van der Waals surface area contributed by atoms with E-state index >= 15 is 0 Å². The first kappa shape index (κ1) is 16.1. The van der Waals surface area contributed by atoms with E-state index in [9.17, 15) is 9.59 Å². The zero-order valence-corrected chi connectivity index (χ0v) is 11.4. The molecular weight excluding hydrogens is 262 g/mol. The van der Waals surface area contributed by atoms with Crippen molar-refractivity contribution in [3.05, 3.63) is 35.4 Å². The summed E-state index contributed by atoms with van der Waals surface area (Å²) >= 11 is 0. The molecule has 2 N–H and O–H groups in total. The van der Waals surface area contributed by atoms with Crippen LogP contribution in [0, 0.1) is 0 Å². The lowest BCUT2D eigenvalue weighted by molar-refractivity contribution is -0.131. The minimum atomic E-state index is -1.06. The predicted molar refractivity (Wildman–Crippen MR) is 72.6 cm³/mol. The Morgan fingerprint density at radius 1 is 1.25 bits per heavy atom. The van der Waals surface area contributed by atoms with Crippen LogP contribution >= 0.6 is 0 Å². The van der Waals surface area contributed by atoms with Crippen LogP contribution in [0.25, 0.3) is 0 Å². The summed E-state index contributed by atoms with van der Waals surface area (Å²) in [6, 6.07) is 6.40. The topological polar surface area (TPSA) is 87.1 Å². The summed E-state index contributed by atoms with van der Waals surface area (Å²) in [5.74, 6) is -1.29. The lowest BCUT2D eigenvalue weighted by Crippen LogP contribution is -2.37. The van der Waals surface area contributed by atoms with Crippen LogP contribution in [-0.4, -0.2) is 60.4 Å². The molecule has 1 aromatic carbocycles. The van der Waals surface area contributed by atoms with Gasteiger partial charge in [-0.15, -0.1) is 0 Å². The summed E-state index contributed by atoms with van der Waals surface area (Å²) < 4.78 is 4.91. The molecule has 0 atom stereocenters. The Morgan fingerprint density at radius 2 is 1.95 bits per heavy atom. The smallest absolute Gasteiger partial charge is 0.335 e. The summed E-state index contributed by atoms with van der Waals surface area (Å²) in [6.07, 6.45) is -0.00775. The van der Waals surface area contributed by atoms with E-state index in [0.29, 0.717) is 18.7 Å². The lowest BCUT2D eigenvalue weighted by Gasteiger charge is -2.21. The van der Waals surface area contributed by atoms with Crippen LogP contribution in [0.2, 0.25) is 0 Å². The maximum atomic E-state index is 12.1. The molecule has 0 unspecified atom stereocenters. The number of aromatic carboxylic acids is 1. The standard InChI is InChI=1S/C14H19NO5/c1-20-9-7-15(6-8-16)13(17)10-11-4-2-3-5-12(11)14(18)19/h2-5,16H,6-10H2,1H3,(H,18,19). The third kappa shape index (κ3) is 4.64. The van der Waals surface area contributed by atoms with E-state index in [1.54, 1.807) is 18.2 Å². The first-order valence-corrected chi connectivity index (χ1v) is 6.29. The molecule has 0 bridgehead atoms. The number of hydrogen-bond acceptors (Lipinski definition) is 4. The van der Waals surface area contributed by atoms with Crippen LogP contribution in [0.1, 0.15) is 15.9 Å². The quantitative estimate of drug-likeness (QED) is 0.720. The van der Waals surface area contributed by atoms with Crippen molar-refractivity contribution in [3.63, 3.8) is 0 Å². The molecule has 20 heavy (non-hydrogen) atoms. The van der Waals surface area contributed by atoms with Gasteiger partial charge in [-0.25, -0.2) is 4.79 Å². The predicted octanol–water partition coefficient (Wildman–Crippen LogP) is 0.395. The molecule has 0 fully saturated rings. The zero-order valence-electron chi connectivity index (χ0n) is 11.4. The van der Waals surface area contributed by atoms with Crippen LogP contribution in [0.3, 0.4) is 0 Å². The number of carbonyl (C=O) groups excluding carboxylic acids is 1. The summed E-state index contributed by atoms with van der Waals surface area (Å²) in [5.41, 5.74) is 0.585. The van der Waals surface area contributed by atoms with Crippen LogP contribution in [-0.2, 0) is 16.0 Å². The average Bonchev–Trinajstić information content (AvgIpc) is 2.43. The number of aliphatic hydroxyl groups excluding tert-OH is 1. The van der Waals surface area contributed by atoms with Crippen LogP contribution in [0.15, 0.2) is 24.3 Å². The number of carboxylic acid groups (broad SMARTS) is 1. The van der Waals surface area contributed by atoms with Crippen molar-refractivity contribution in [2.75, 3.05) is 33.4 Å². The Labute approximate surface area is 117 Å². The van der Waals surface area contributed by atoms with E-state index < -0.39 is 5.97 Å². The van der Waals surface area contributed by atoms with Gasteiger partial charge in [-0.05, 0) is 11.6 Å². The summed E-state index contributed by atoms with van der Waals surface area (Å²) in [5, 5.41) is 18.0. The second kappa shape index (κ2) is 8.29. The normalized spacial score (nSPS) is 10.3. The fraction of sp³-hybridized carbons (Fsp3) is 0.429. The maximum Gasteiger partial charge on any atom is 0.335 e. The highest BCUT2D eigenvalue weighted by Gasteiger charge is 2.17. The largest absolute Gasteiger partial charge is 0.478 e. The van der Waals surface area contributed by atoms with Gasteiger partial charge >= 0.3 is 5.97 Å². The minimum absolute atomic E-state index is 0.00775. The maximum absolute atomic E-state index is 12.1. The zero-order chi connectivity index (χ0) is 15.0. The summed E-state index contributed by atoms with van der Waals surface area (Å²) in [7, 11) is 1.53. The highest BCUT2D eigenvalue weighted by Crippen LogP contribution is 2.11. The number of rotatable bonds is 8. The molecule has 0 aliphatic rings. The van der Waals surface area contributed by atoms with Gasteiger partial charge in [0.25, 0.3) is 0 Å². The monoisotopic (exact) mass is 281 g/mol. The van der Waals surface area contributed by atoms with Gasteiger partial charge < -0.3 is 19.8 Å². The van der Waals surface area contributed by atoms with Crippen molar-refractivity contribution in [2.24, 2.45) is 0 Å². The van der Waals surface area contributed by atoms with E-state index in [1.807, 2.05) is 0 Å². The van der Waals surface area contributed by atoms with Crippen LogP contribution in [0.5, 0.6) is 0 Å². The van der Waals surface area contributed by atoms with E-state index in [0.717, 1.165) is 0 Å². The summed E-state index contributed by atoms with van der Waals surface area (Å²) in [6.45, 7) is 0.797. The van der Waals surface area contributed by atoms with Crippen LogP contribution < -0.4 is 0 Å². The molecule has 0 saturated heterocycles. The molecule has 110 valence electrons. The average molecular weight is 281 g/mol. The Kier molecular flexibility index (Phi) is 6.69. The third-order valence-electron chi connectivity index (χ3n) is 2.88. The number of methoxy groups -OCH3 is 1. The van der Waals surface area contributed by atoms with Gasteiger partial charge in [-0.2, -0.15) is 0 Å². The fourth-order valence-electron chi connectivity index (χ4n) is 1.84. The number of amides is 1. The number of nitrogens with zero attached hydrogens (tertiary/aromatic N) is 1. The van der Waals surface area contributed by atoms with E-state index in [2.05, 4.69) is 0 Å². The van der Waals surface area contributed by atoms with Crippen molar-refractivity contribution >= 4 is 11.9 Å². The fourth-order valence-corrected chi connectivity index (χ4v) is 1.84. The first-order valence-electron chi connectivity index (χ1n) is 6.29. The molecule has 0 radical (unpaired) electrons. The van der Waals surface area contributed by atoms with Gasteiger partial charge in [0, 0.05) is 20.2 Å². The van der Waals surface area contributed by atoms with Gasteiger partial charge in [-0.1, -0.05) is 18.2 Å². The highest BCUT2D eigenvalue weighted by atomic mass is 16.5. The van der Waals surface area contributed by atoms with Gasteiger partial charge in [-0.3, -0.25) is 4.79 Å². The first-order chi connectivity index (χ1) is 9.60. The molecule has 6 heteroatoms. The third-order valence-corrected chi connectivity index (χ3v) is 2.88. The molecule has 0 aliphatic heterocycles. The number of carboxylic acids is 1. The Hall–Kier alpha value is -1.92. The Balaban J connectivity index is 2.79. The van der Waals surface area contributed by atoms with Crippen molar-refractivity contribution in [1.82, 2.24) is 4.90 Å². The summed E-state index contributed by atoms with van der Waals surface area (Å²) in [4.78, 5) is 24.7. The molecule has 0 aromatic heterocycles. The molecule has 1 rings (SSSR count). The van der Waals surface area contributed by atoms with E-state index in [-0.39, 0.29) is 31.0 Å². The second-order valence-corrected chi connectivity index (χ2v) is 4.24. The number of hydrogen-bond donors (Lipinski definition) is 2. The molecule has 6 nitrogen and oxygen atoms in total. The molecule has 0 spiro atoms. The molecule has 1 aromatic rings. The Morgan fingerprint density at radius 3 is 2.55 bits per heavy atom. The number of benzene rings is 1. The number of carbonyl (C=O) groups is 2. The molecule has 1 amide bonds. The SMILES string of the molecule is COCCN(CCO)C(=O)Cc1ccccc1C(=O)O. The van der Waals surface area contributed by atoms with Gasteiger partial charge in [0.05, 0.1) is 25.2 Å². The van der Waals surface area contributed by atoms with Crippen LogP contribution in [0.4, 0.5) is 0 Å². The van der Waals surface area contributed by atoms with Crippen molar-refractivity contribution < 1.29 is 24.5 Å². The molecule has 0 saturated carbocycles. The highest BCUT2D eigenvalue weighted by molar-refractivity contribution is 5.91. The van der Waals surface area contributed by atoms with Gasteiger partial charge in [0.15, 0.2) is 0 Å². The molecule has 0 heterocycles. The number of ether oxygens (including phenoxy) is 1. The molecule has 0 aliphatic carbocycles. The second-order valence-electron chi connectivity index (χ2n) is 4.24. The lowest BCUT2D eigenvalue weighted by atomic mass is 10.0. The molecular formula is C14H19NO5. The number of aliphatic hydroxyl groups is 1. The van der Waals surface area contributed by atoms with E-state index in [1.165, 1.54) is 18.1 Å². The van der Waals surface area contributed by atoms with Crippen molar-refractivity contribution in [2.45, 2.75) is 6.42 Å². The van der Waals surface area contributed by atoms with Crippen molar-refractivity contribution in [1.29, 1.82) is 0 Å².